The molecule has 2 heterocycles. The molecule has 1 N–H and O–H groups in total. The van der Waals surface area contributed by atoms with Gasteiger partial charge in [-0.05, 0) is 35.9 Å². The van der Waals surface area contributed by atoms with Gasteiger partial charge in [0.1, 0.15) is 5.82 Å². The van der Waals surface area contributed by atoms with Crippen LogP contribution in [0.3, 0.4) is 0 Å². The van der Waals surface area contributed by atoms with Gasteiger partial charge in [-0.3, -0.25) is 9.69 Å². The Kier molecular flexibility index (Phi) is 3.97. The average Bonchev–Trinajstić information content (AvgIpc) is 3.02. The van der Waals surface area contributed by atoms with Crippen molar-refractivity contribution in [2.75, 3.05) is 13.6 Å². The average molecular weight is 335 g/mol. The van der Waals surface area contributed by atoms with E-state index in [0.29, 0.717) is 18.9 Å². The Morgan fingerprint density at radius 3 is 2.88 bits per heavy atom. The van der Waals surface area contributed by atoms with Crippen molar-refractivity contribution in [3.63, 3.8) is 0 Å². The standard InChI is InChI=1S/C19H21N5O/c1-13-7-8-14-5-3-4-6-15(14)16(13)11-23(2)12-17-21-22-18-19(25)20-9-10-24(17)18/h3-8H,9-12H2,1-2H3,(H,20,25). The second-order valence-electron chi connectivity index (χ2n) is 6.60. The lowest BCUT2D eigenvalue weighted by Crippen LogP contribution is -2.36. The van der Waals surface area contributed by atoms with Crippen LogP contribution in [0.4, 0.5) is 0 Å². The van der Waals surface area contributed by atoms with E-state index in [-0.39, 0.29) is 5.91 Å². The third kappa shape index (κ3) is 2.89. The zero-order valence-corrected chi connectivity index (χ0v) is 14.5. The zero-order valence-electron chi connectivity index (χ0n) is 14.5. The Morgan fingerprint density at radius 1 is 1.16 bits per heavy atom. The molecule has 0 bridgehead atoms. The molecule has 0 unspecified atom stereocenters. The first-order valence-corrected chi connectivity index (χ1v) is 8.49. The lowest BCUT2D eigenvalue weighted by atomic mass is 9.99. The molecule has 1 amide bonds. The molecule has 0 fully saturated rings. The van der Waals surface area contributed by atoms with E-state index in [1.54, 1.807) is 0 Å². The van der Waals surface area contributed by atoms with Gasteiger partial charge in [-0.1, -0.05) is 36.4 Å². The molecule has 3 aromatic rings. The van der Waals surface area contributed by atoms with Crippen LogP contribution in [-0.4, -0.2) is 39.2 Å². The van der Waals surface area contributed by atoms with Crippen molar-refractivity contribution in [2.45, 2.75) is 26.6 Å². The molecular formula is C19H21N5O. The summed E-state index contributed by atoms with van der Waals surface area (Å²) in [6.45, 7) is 4.98. The largest absolute Gasteiger partial charge is 0.348 e. The highest BCUT2D eigenvalue weighted by atomic mass is 16.2. The fraction of sp³-hybridized carbons (Fsp3) is 0.316. The zero-order chi connectivity index (χ0) is 17.4. The van der Waals surface area contributed by atoms with Gasteiger partial charge >= 0.3 is 0 Å². The molecule has 0 saturated heterocycles. The molecule has 128 valence electrons. The maximum atomic E-state index is 11.8. The van der Waals surface area contributed by atoms with Gasteiger partial charge in [0.25, 0.3) is 5.91 Å². The van der Waals surface area contributed by atoms with E-state index >= 15 is 0 Å². The number of nitrogens with zero attached hydrogens (tertiary/aromatic N) is 4. The van der Waals surface area contributed by atoms with Crippen molar-refractivity contribution < 1.29 is 4.79 Å². The number of benzene rings is 2. The van der Waals surface area contributed by atoms with E-state index in [9.17, 15) is 4.79 Å². The second kappa shape index (κ2) is 6.29. The Balaban J connectivity index is 1.59. The molecule has 1 aliphatic heterocycles. The van der Waals surface area contributed by atoms with Crippen LogP contribution >= 0.6 is 0 Å². The third-order valence-corrected chi connectivity index (χ3v) is 4.77. The summed E-state index contributed by atoms with van der Waals surface area (Å²) >= 11 is 0. The van der Waals surface area contributed by atoms with Crippen LogP contribution < -0.4 is 5.32 Å². The van der Waals surface area contributed by atoms with Crippen molar-refractivity contribution >= 4 is 16.7 Å². The molecule has 1 aliphatic rings. The summed E-state index contributed by atoms with van der Waals surface area (Å²) in [5, 5.41) is 13.6. The maximum Gasteiger partial charge on any atom is 0.289 e. The van der Waals surface area contributed by atoms with Crippen LogP contribution in [0.5, 0.6) is 0 Å². The Bertz CT molecular complexity index is 946. The predicted octanol–water partition coefficient (Wildman–Crippen LogP) is 2.12. The second-order valence-corrected chi connectivity index (χ2v) is 6.60. The summed E-state index contributed by atoms with van der Waals surface area (Å²) in [6.07, 6.45) is 0. The first kappa shape index (κ1) is 15.8. The third-order valence-electron chi connectivity index (χ3n) is 4.77. The Hall–Kier alpha value is -2.73. The predicted molar refractivity (Wildman–Crippen MR) is 96.2 cm³/mol. The van der Waals surface area contributed by atoms with Crippen molar-refractivity contribution in [3.05, 3.63) is 59.2 Å². The minimum absolute atomic E-state index is 0.141. The molecular weight excluding hydrogens is 314 g/mol. The Labute approximate surface area is 146 Å². The fourth-order valence-electron chi connectivity index (χ4n) is 3.44. The van der Waals surface area contributed by atoms with Crippen LogP contribution in [0.1, 0.15) is 27.6 Å². The van der Waals surface area contributed by atoms with E-state index < -0.39 is 0 Å². The molecule has 1 aromatic heterocycles. The highest BCUT2D eigenvalue weighted by molar-refractivity contribution is 5.91. The number of hydrogen-bond acceptors (Lipinski definition) is 4. The number of aryl methyl sites for hydroxylation is 1. The monoisotopic (exact) mass is 335 g/mol. The smallest absolute Gasteiger partial charge is 0.289 e. The SMILES string of the molecule is Cc1ccc2ccccc2c1CN(C)Cc1nnc2n1CCNC2=O. The first-order chi connectivity index (χ1) is 12.1. The Morgan fingerprint density at radius 2 is 2.00 bits per heavy atom. The minimum atomic E-state index is -0.141. The van der Waals surface area contributed by atoms with Gasteiger partial charge in [-0.15, -0.1) is 10.2 Å². The van der Waals surface area contributed by atoms with Gasteiger partial charge in [0.15, 0.2) is 0 Å². The van der Waals surface area contributed by atoms with Crippen LogP contribution in [0.2, 0.25) is 0 Å². The molecule has 0 saturated carbocycles. The quantitative estimate of drug-likeness (QED) is 0.793. The van der Waals surface area contributed by atoms with Gasteiger partial charge < -0.3 is 9.88 Å². The highest BCUT2D eigenvalue weighted by Gasteiger charge is 2.23. The van der Waals surface area contributed by atoms with Crippen LogP contribution in [0.15, 0.2) is 36.4 Å². The normalized spacial score (nSPS) is 14.0. The van der Waals surface area contributed by atoms with Crippen molar-refractivity contribution in [2.24, 2.45) is 0 Å². The first-order valence-electron chi connectivity index (χ1n) is 8.49. The number of carbonyl (C=O) groups is 1. The van der Waals surface area contributed by atoms with Crippen molar-refractivity contribution in [3.8, 4) is 0 Å². The molecule has 25 heavy (non-hydrogen) atoms. The molecule has 0 radical (unpaired) electrons. The maximum absolute atomic E-state index is 11.8. The summed E-state index contributed by atoms with van der Waals surface area (Å²) in [6, 6.07) is 12.8. The van der Waals surface area contributed by atoms with Crippen LogP contribution in [0, 0.1) is 6.92 Å². The number of nitrogens with one attached hydrogen (secondary N) is 1. The highest BCUT2D eigenvalue weighted by Crippen LogP contribution is 2.23. The van der Waals surface area contributed by atoms with E-state index in [4.69, 9.17) is 0 Å². The molecule has 0 aliphatic carbocycles. The number of hydrogen-bond donors (Lipinski definition) is 1. The van der Waals surface area contributed by atoms with Crippen molar-refractivity contribution in [1.29, 1.82) is 0 Å². The van der Waals surface area contributed by atoms with Gasteiger partial charge in [-0.25, -0.2) is 0 Å². The van der Waals surface area contributed by atoms with Crippen molar-refractivity contribution in [1.82, 2.24) is 25.0 Å². The van der Waals surface area contributed by atoms with Crippen LogP contribution in [0.25, 0.3) is 10.8 Å². The fourth-order valence-corrected chi connectivity index (χ4v) is 3.44. The lowest BCUT2D eigenvalue weighted by molar-refractivity contribution is 0.0920. The van der Waals surface area contributed by atoms with Gasteiger partial charge in [0.05, 0.1) is 6.54 Å². The molecule has 2 aromatic carbocycles. The summed E-state index contributed by atoms with van der Waals surface area (Å²) in [5.74, 6) is 1.11. The number of aromatic nitrogens is 3. The van der Waals surface area contributed by atoms with E-state index in [0.717, 1.165) is 18.9 Å². The topological polar surface area (TPSA) is 63.1 Å². The van der Waals surface area contributed by atoms with E-state index in [1.165, 1.54) is 21.9 Å². The number of fused-ring (bicyclic) bond motifs is 2. The molecule has 4 rings (SSSR count). The molecule has 6 heteroatoms. The lowest BCUT2D eigenvalue weighted by Gasteiger charge is -2.21. The summed E-state index contributed by atoms with van der Waals surface area (Å²) in [4.78, 5) is 14.0. The summed E-state index contributed by atoms with van der Waals surface area (Å²) in [7, 11) is 2.08. The number of carbonyl (C=O) groups excluding carboxylic acids is 1. The molecule has 6 nitrogen and oxygen atoms in total. The van der Waals surface area contributed by atoms with E-state index in [1.807, 2.05) is 4.57 Å². The van der Waals surface area contributed by atoms with Gasteiger partial charge in [-0.2, -0.15) is 0 Å². The summed E-state index contributed by atoms with van der Waals surface area (Å²) in [5.41, 5.74) is 2.62. The number of amides is 1. The number of rotatable bonds is 4. The van der Waals surface area contributed by atoms with Gasteiger partial charge in [0, 0.05) is 19.6 Å². The molecule has 0 spiro atoms. The summed E-state index contributed by atoms with van der Waals surface area (Å²) < 4.78 is 1.92. The minimum Gasteiger partial charge on any atom is -0.348 e. The molecule has 0 atom stereocenters. The van der Waals surface area contributed by atoms with Gasteiger partial charge in [0.2, 0.25) is 5.82 Å². The van der Waals surface area contributed by atoms with E-state index in [2.05, 4.69) is 70.8 Å². The van der Waals surface area contributed by atoms with Crippen LogP contribution in [-0.2, 0) is 19.6 Å².